The van der Waals surface area contributed by atoms with Gasteiger partial charge in [0.05, 0.1) is 25.3 Å². The molecule has 1 N–H and O–H groups in total. The average molecular weight is 444 g/mol. The number of ether oxygens (including phenoxy) is 3. The van der Waals surface area contributed by atoms with Crippen LogP contribution in [0.4, 0.5) is 4.39 Å². The zero-order valence-electron chi connectivity index (χ0n) is 16.9. The van der Waals surface area contributed by atoms with Crippen LogP contribution in [-0.2, 0) is 16.6 Å². The predicted octanol–water partition coefficient (Wildman–Crippen LogP) is 3.73. The standard InChI is InChI=1S/C22H21FN2O5S/c1-28-20-12-17(14-24-25-31(26,27)19-10-8-18(23)9-11-19)13-21(29-2)22(20)30-15-16-6-4-3-5-7-16/h3-14,25H,15H2,1-2H3/b24-14+. The quantitative estimate of drug-likeness (QED) is 0.401. The van der Waals surface area contributed by atoms with Crippen molar-refractivity contribution in [1.82, 2.24) is 4.83 Å². The van der Waals surface area contributed by atoms with Gasteiger partial charge in [-0.15, -0.1) is 0 Å². The van der Waals surface area contributed by atoms with Gasteiger partial charge in [0, 0.05) is 5.56 Å². The third-order valence-electron chi connectivity index (χ3n) is 4.22. The van der Waals surface area contributed by atoms with Crippen molar-refractivity contribution in [2.45, 2.75) is 11.5 Å². The van der Waals surface area contributed by atoms with E-state index >= 15 is 0 Å². The van der Waals surface area contributed by atoms with Crippen LogP contribution < -0.4 is 19.0 Å². The second-order valence-electron chi connectivity index (χ2n) is 6.34. The van der Waals surface area contributed by atoms with Crippen molar-refractivity contribution in [2.75, 3.05) is 14.2 Å². The lowest BCUT2D eigenvalue weighted by Gasteiger charge is -2.15. The molecule has 3 aromatic rings. The number of sulfonamides is 1. The van der Waals surface area contributed by atoms with E-state index in [0.29, 0.717) is 29.4 Å². The maximum Gasteiger partial charge on any atom is 0.276 e. The number of rotatable bonds is 9. The van der Waals surface area contributed by atoms with Crippen LogP contribution in [0, 0.1) is 5.82 Å². The van der Waals surface area contributed by atoms with E-state index < -0.39 is 15.8 Å². The Morgan fingerprint density at radius 3 is 2.16 bits per heavy atom. The highest BCUT2D eigenvalue weighted by atomic mass is 32.2. The first-order valence-electron chi connectivity index (χ1n) is 9.16. The summed E-state index contributed by atoms with van der Waals surface area (Å²) in [6, 6.07) is 17.3. The molecule has 7 nitrogen and oxygen atoms in total. The first kappa shape index (κ1) is 22.1. The number of hydrogen-bond acceptors (Lipinski definition) is 6. The number of benzene rings is 3. The molecule has 0 fully saturated rings. The second-order valence-corrected chi connectivity index (χ2v) is 8.00. The van der Waals surface area contributed by atoms with Crippen LogP contribution in [0.3, 0.4) is 0 Å². The van der Waals surface area contributed by atoms with Crippen LogP contribution in [-0.4, -0.2) is 28.9 Å². The molecule has 0 amide bonds. The maximum atomic E-state index is 13.0. The van der Waals surface area contributed by atoms with E-state index in [2.05, 4.69) is 9.93 Å². The zero-order valence-corrected chi connectivity index (χ0v) is 17.7. The minimum Gasteiger partial charge on any atom is -0.493 e. The molecule has 0 aromatic heterocycles. The van der Waals surface area contributed by atoms with Crippen molar-refractivity contribution < 1.29 is 27.0 Å². The predicted molar refractivity (Wildman–Crippen MR) is 115 cm³/mol. The highest BCUT2D eigenvalue weighted by Gasteiger charge is 2.15. The van der Waals surface area contributed by atoms with Gasteiger partial charge in [0.1, 0.15) is 12.4 Å². The van der Waals surface area contributed by atoms with Crippen LogP contribution in [0.25, 0.3) is 0 Å². The molecule has 0 aliphatic heterocycles. The molecule has 9 heteroatoms. The molecule has 0 spiro atoms. The molecule has 31 heavy (non-hydrogen) atoms. The Kier molecular flexibility index (Phi) is 7.09. The Bertz CT molecular complexity index is 1130. The number of hydrazone groups is 1. The fraction of sp³-hybridized carbons (Fsp3) is 0.136. The van der Waals surface area contributed by atoms with Gasteiger partial charge in [0.25, 0.3) is 10.0 Å². The van der Waals surface area contributed by atoms with Crippen molar-refractivity contribution in [3.8, 4) is 17.2 Å². The van der Waals surface area contributed by atoms with E-state index in [1.54, 1.807) is 12.1 Å². The third kappa shape index (κ3) is 5.73. The van der Waals surface area contributed by atoms with Crippen molar-refractivity contribution in [3.63, 3.8) is 0 Å². The Morgan fingerprint density at radius 1 is 0.968 bits per heavy atom. The monoisotopic (exact) mass is 444 g/mol. The van der Waals surface area contributed by atoms with E-state index in [1.807, 2.05) is 30.3 Å². The molecule has 0 aliphatic carbocycles. The van der Waals surface area contributed by atoms with Crippen molar-refractivity contribution in [2.24, 2.45) is 5.10 Å². The van der Waals surface area contributed by atoms with E-state index in [1.165, 1.54) is 20.4 Å². The summed E-state index contributed by atoms with van der Waals surface area (Å²) in [5.41, 5.74) is 1.50. The lowest BCUT2D eigenvalue weighted by Crippen LogP contribution is -2.18. The Labute approximate surface area is 180 Å². The summed E-state index contributed by atoms with van der Waals surface area (Å²) in [7, 11) is -0.951. The summed E-state index contributed by atoms with van der Waals surface area (Å²) in [4.78, 5) is 1.98. The summed E-state index contributed by atoms with van der Waals surface area (Å²) < 4.78 is 54.2. The van der Waals surface area contributed by atoms with Gasteiger partial charge >= 0.3 is 0 Å². The number of nitrogens with zero attached hydrogens (tertiary/aromatic N) is 1. The molecule has 0 heterocycles. The Morgan fingerprint density at radius 2 is 1.58 bits per heavy atom. The summed E-state index contributed by atoms with van der Waals surface area (Å²) in [6.07, 6.45) is 1.30. The molecule has 0 unspecified atom stereocenters. The maximum absolute atomic E-state index is 13.0. The molecular weight excluding hydrogens is 423 g/mol. The fourth-order valence-corrected chi connectivity index (χ4v) is 3.47. The van der Waals surface area contributed by atoms with Crippen molar-refractivity contribution in [3.05, 3.63) is 83.7 Å². The molecule has 0 radical (unpaired) electrons. The van der Waals surface area contributed by atoms with Gasteiger partial charge in [-0.3, -0.25) is 0 Å². The van der Waals surface area contributed by atoms with E-state index in [0.717, 1.165) is 29.8 Å². The first-order chi connectivity index (χ1) is 14.9. The molecule has 0 saturated carbocycles. The van der Waals surface area contributed by atoms with Gasteiger partial charge in [0.2, 0.25) is 5.75 Å². The topological polar surface area (TPSA) is 86.2 Å². The van der Waals surface area contributed by atoms with Crippen LogP contribution in [0.2, 0.25) is 0 Å². The normalized spacial score (nSPS) is 11.3. The van der Waals surface area contributed by atoms with Crippen LogP contribution in [0.15, 0.2) is 76.7 Å². The van der Waals surface area contributed by atoms with Gasteiger partial charge in [0.15, 0.2) is 11.5 Å². The lowest BCUT2D eigenvalue weighted by atomic mass is 10.2. The van der Waals surface area contributed by atoms with Crippen molar-refractivity contribution in [1.29, 1.82) is 0 Å². The van der Waals surface area contributed by atoms with E-state index in [4.69, 9.17) is 14.2 Å². The number of hydrogen-bond donors (Lipinski definition) is 1. The number of halogens is 1. The number of methoxy groups -OCH3 is 2. The lowest BCUT2D eigenvalue weighted by molar-refractivity contribution is 0.266. The summed E-state index contributed by atoms with van der Waals surface area (Å²) >= 11 is 0. The summed E-state index contributed by atoms with van der Waals surface area (Å²) in [5.74, 6) is 0.686. The summed E-state index contributed by atoms with van der Waals surface area (Å²) in [5, 5.41) is 3.78. The van der Waals surface area contributed by atoms with Crippen LogP contribution >= 0.6 is 0 Å². The second kappa shape index (κ2) is 9.94. The van der Waals surface area contributed by atoms with Gasteiger partial charge < -0.3 is 14.2 Å². The third-order valence-corrected chi connectivity index (χ3v) is 5.46. The van der Waals surface area contributed by atoms with Gasteiger partial charge in [-0.05, 0) is 42.0 Å². The van der Waals surface area contributed by atoms with Crippen LogP contribution in [0.1, 0.15) is 11.1 Å². The molecule has 0 saturated heterocycles. The van der Waals surface area contributed by atoms with E-state index in [-0.39, 0.29) is 4.90 Å². The fourth-order valence-electron chi connectivity index (χ4n) is 2.68. The SMILES string of the molecule is COc1cc(/C=N/NS(=O)(=O)c2ccc(F)cc2)cc(OC)c1OCc1ccccc1. The molecule has 0 atom stereocenters. The summed E-state index contributed by atoms with van der Waals surface area (Å²) in [6.45, 7) is 0.318. The Balaban J connectivity index is 1.77. The smallest absolute Gasteiger partial charge is 0.276 e. The minimum absolute atomic E-state index is 0.106. The molecule has 3 aromatic carbocycles. The molecule has 162 valence electrons. The largest absolute Gasteiger partial charge is 0.493 e. The molecule has 0 aliphatic rings. The molecule has 0 bridgehead atoms. The number of nitrogens with one attached hydrogen (secondary N) is 1. The van der Waals surface area contributed by atoms with Crippen molar-refractivity contribution >= 4 is 16.2 Å². The van der Waals surface area contributed by atoms with E-state index in [9.17, 15) is 12.8 Å². The first-order valence-corrected chi connectivity index (χ1v) is 10.6. The minimum atomic E-state index is -3.93. The van der Waals surface area contributed by atoms with Crippen LogP contribution in [0.5, 0.6) is 17.2 Å². The van der Waals surface area contributed by atoms with Gasteiger partial charge in [-0.1, -0.05) is 30.3 Å². The highest BCUT2D eigenvalue weighted by molar-refractivity contribution is 7.89. The average Bonchev–Trinajstić information content (AvgIpc) is 2.78. The molecular formula is C22H21FN2O5S. The Hall–Kier alpha value is -3.59. The van der Waals surface area contributed by atoms with Gasteiger partial charge in [-0.2, -0.15) is 13.5 Å². The molecule has 3 rings (SSSR count). The van der Waals surface area contributed by atoms with Gasteiger partial charge in [-0.25, -0.2) is 9.22 Å². The zero-order chi connectivity index (χ0) is 22.3. The highest BCUT2D eigenvalue weighted by Crippen LogP contribution is 2.38.